The fourth-order valence-corrected chi connectivity index (χ4v) is 2.38. The predicted octanol–water partition coefficient (Wildman–Crippen LogP) is 1.73. The van der Waals surface area contributed by atoms with Crippen molar-refractivity contribution in [2.24, 2.45) is 0 Å². The van der Waals surface area contributed by atoms with Crippen LogP contribution in [0.1, 0.15) is 40.0 Å². The summed E-state index contributed by atoms with van der Waals surface area (Å²) < 4.78 is 12.4. The number of nitrogens with one attached hydrogen (secondary N) is 1. The minimum Gasteiger partial charge on any atom is -0.450 e. The maximum atomic E-state index is 12.1. The first kappa shape index (κ1) is 16.5. The first-order chi connectivity index (χ1) is 10.4. The average Bonchev–Trinajstić information content (AvgIpc) is 2.85. The molecule has 0 radical (unpaired) electrons. The van der Waals surface area contributed by atoms with E-state index in [1.54, 1.807) is 30.9 Å². The average molecular weight is 309 g/mol. The van der Waals surface area contributed by atoms with Gasteiger partial charge in [-0.3, -0.25) is 14.3 Å². The lowest BCUT2D eigenvalue weighted by molar-refractivity contribution is -0.160. The highest BCUT2D eigenvalue weighted by atomic mass is 16.6. The molecule has 0 spiro atoms. The summed E-state index contributed by atoms with van der Waals surface area (Å²) in [6.07, 6.45) is 6.81. The topological polar surface area (TPSA) is 82.5 Å². The molecule has 0 unspecified atom stereocenters. The van der Waals surface area contributed by atoms with Crippen molar-refractivity contribution in [3.05, 3.63) is 12.4 Å². The zero-order chi connectivity index (χ0) is 16.2. The van der Waals surface area contributed by atoms with Gasteiger partial charge in [-0.05, 0) is 33.1 Å². The van der Waals surface area contributed by atoms with E-state index in [2.05, 4.69) is 10.4 Å². The standard InChI is InChI=1S/C15H23N3O4/c1-11(19)22-15(2,3)14(20)17-12-8-16-18(9-12)10-13-6-4-5-7-21-13/h8-9,13H,4-7,10H2,1-3H3,(H,17,20)/t13-/m1/s1. The Bertz CT molecular complexity index is 533. The number of rotatable bonds is 5. The molecule has 22 heavy (non-hydrogen) atoms. The molecule has 7 heteroatoms. The van der Waals surface area contributed by atoms with Gasteiger partial charge in [-0.25, -0.2) is 0 Å². The van der Waals surface area contributed by atoms with E-state index >= 15 is 0 Å². The number of amides is 1. The van der Waals surface area contributed by atoms with Crippen LogP contribution in [-0.4, -0.2) is 40.0 Å². The molecule has 1 amide bonds. The van der Waals surface area contributed by atoms with Gasteiger partial charge in [0.05, 0.1) is 24.5 Å². The van der Waals surface area contributed by atoms with Gasteiger partial charge in [0.25, 0.3) is 5.91 Å². The van der Waals surface area contributed by atoms with Gasteiger partial charge in [-0.15, -0.1) is 0 Å². The number of hydrogen-bond donors (Lipinski definition) is 1. The number of anilines is 1. The summed E-state index contributed by atoms with van der Waals surface area (Å²) in [6, 6.07) is 0. The van der Waals surface area contributed by atoms with Crippen molar-refractivity contribution < 1.29 is 19.1 Å². The summed E-state index contributed by atoms with van der Waals surface area (Å²) in [6.45, 7) is 5.83. The third-order valence-corrected chi connectivity index (χ3v) is 3.50. The molecule has 0 aromatic carbocycles. The van der Waals surface area contributed by atoms with Gasteiger partial charge in [0.2, 0.25) is 0 Å². The summed E-state index contributed by atoms with van der Waals surface area (Å²) in [5.74, 6) is -0.888. The van der Waals surface area contributed by atoms with Gasteiger partial charge in [0.1, 0.15) is 0 Å². The van der Waals surface area contributed by atoms with E-state index < -0.39 is 17.5 Å². The van der Waals surface area contributed by atoms with Crippen LogP contribution in [-0.2, 0) is 25.6 Å². The molecule has 1 aliphatic heterocycles. The molecular formula is C15H23N3O4. The fourth-order valence-electron chi connectivity index (χ4n) is 2.38. The Morgan fingerprint density at radius 3 is 2.91 bits per heavy atom. The summed E-state index contributed by atoms with van der Waals surface area (Å²) >= 11 is 0. The van der Waals surface area contributed by atoms with Gasteiger partial charge in [0.15, 0.2) is 5.60 Å². The van der Waals surface area contributed by atoms with Crippen LogP contribution >= 0.6 is 0 Å². The van der Waals surface area contributed by atoms with Crippen molar-refractivity contribution >= 4 is 17.6 Å². The van der Waals surface area contributed by atoms with Gasteiger partial charge in [0, 0.05) is 19.7 Å². The lowest BCUT2D eigenvalue weighted by Crippen LogP contribution is -2.41. The van der Waals surface area contributed by atoms with Crippen LogP contribution in [0.3, 0.4) is 0 Å². The zero-order valence-corrected chi connectivity index (χ0v) is 13.3. The first-order valence-electron chi connectivity index (χ1n) is 7.52. The molecule has 0 aliphatic carbocycles. The van der Waals surface area contributed by atoms with E-state index in [4.69, 9.17) is 9.47 Å². The number of aromatic nitrogens is 2. The van der Waals surface area contributed by atoms with E-state index in [1.165, 1.54) is 13.3 Å². The SMILES string of the molecule is CC(=O)OC(C)(C)C(=O)Nc1cnn(C[C@H]2CCCCO2)c1. The van der Waals surface area contributed by atoms with Crippen molar-refractivity contribution in [2.75, 3.05) is 11.9 Å². The van der Waals surface area contributed by atoms with Crippen LogP contribution < -0.4 is 5.32 Å². The third-order valence-electron chi connectivity index (χ3n) is 3.50. The number of ether oxygens (including phenoxy) is 2. The summed E-state index contributed by atoms with van der Waals surface area (Å²) in [5, 5.41) is 6.93. The van der Waals surface area contributed by atoms with Crippen molar-refractivity contribution in [1.29, 1.82) is 0 Å². The van der Waals surface area contributed by atoms with Crippen LogP contribution in [0.25, 0.3) is 0 Å². The molecule has 0 saturated carbocycles. The second kappa shape index (κ2) is 6.91. The second-order valence-corrected chi connectivity index (χ2v) is 6.00. The van der Waals surface area contributed by atoms with Crippen LogP contribution in [0.2, 0.25) is 0 Å². The van der Waals surface area contributed by atoms with E-state index in [-0.39, 0.29) is 6.10 Å². The minimum atomic E-state index is -1.22. The van der Waals surface area contributed by atoms with E-state index in [0.717, 1.165) is 19.4 Å². The fraction of sp³-hybridized carbons (Fsp3) is 0.667. The smallest absolute Gasteiger partial charge is 0.303 e. The van der Waals surface area contributed by atoms with Gasteiger partial charge in [-0.1, -0.05) is 0 Å². The highest BCUT2D eigenvalue weighted by molar-refractivity contribution is 5.97. The Balaban J connectivity index is 1.91. The molecule has 1 aromatic heterocycles. The molecule has 2 rings (SSSR count). The van der Waals surface area contributed by atoms with Crippen LogP contribution in [0.4, 0.5) is 5.69 Å². The van der Waals surface area contributed by atoms with Gasteiger partial charge < -0.3 is 14.8 Å². The molecule has 2 heterocycles. The Hall–Kier alpha value is -1.89. The largest absolute Gasteiger partial charge is 0.450 e. The Kier molecular flexibility index (Phi) is 5.18. The maximum Gasteiger partial charge on any atom is 0.303 e. The van der Waals surface area contributed by atoms with Crippen LogP contribution in [0, 0.1) is 0 Å². The number of carbonyl (C=O) groups excluding carboxylic acids is 2. The lowest BCUT2D eigenvalue weighted by atomic mass is 10.1. The van der Waals surface area contributed by atoms with Gasteiger partial charge in [-0.2, -0.15) is 5.10 Å². The predicted molar refractivity (Wildman–Crippen MR) is 80.3 cm³/mol. The summed E-state index contributed by atoms with van der Waals surface area (Å²) in [5.41, 5.74) is -0.651. The monoisotopic (exact) mass is 309 g/mol. The summed E-state index contributed by atoms with van der Waals surface area (Å²) in [4.78, 5) is 23.1. The maximum absolute atomic E-state index is 12.1. The second-order valence-electron chi connectivity index (χ2n) is 6.00. The quantitative estimate of drug-likeness (QED) is 0.838. The molecule has 1 fully saturated rings. The molecule has 7 nitrogen and oxygen atoms in total. The normalized spacial score (nSPS) is 18.8. The highest BCUT2D eigenvalue weighted by Crippen LogP contribution is 2.17. The summed E-state index contributed by atoms with van der Waals surface area (Å²) in [7, 11) is 0. The van der Waals surface area contributed by atoms with E-state index in [1.807, 2.05) is 0 Å². The molecular weight excluding hydrogens is 286 g/mol. The number of nitrogens with zero attached hydrogens (tertiary/aromatic N) is 2. The van der Waals surface area contributed by atoms with Crippen molar-refractivity contribution in [3.8, 4) is 0 Å². The molecule has 0 bridgehead atoms. The highest BCUT2D eigenvalue weighted by Gasteiger charge is 2.31. The minimum absolute atomic E-state index is 0.176. The first-order valence-corrected chi connectivity index (χ1v) is 7.52. The molecule has 122 valence electrons. The zero-order valence-electron chi connectivity index (χ0n) is 13.3. The number of esters is 1. The molecule has 1 N–H and O–H groups in total. The van der Waals surface area contributed by atoms with Crippen molar-refractivity contribution in [2.45, 2.75) is 58.3 Å². The number of carbonyl (C=O) groups is 2. The van der Waals surface area contributed by atoms with Crippen LogP contribution in [0.15, 0.2) is 12.4 Å². The molecule has 1 atom stereocenters. The third kappa shape index (κ3) is 4.56. The number of hydrogen-bond acceptors (Lipinski definition) is 5. The van der Waals surface area contributed by atoms with Crippen molar-refractivity contribution in [3.63, 3.8) is 0 Å². The van der Waals surface area contributed by atoms with Crippen LogP contribution in [0.5, 0.6) is 0 Å². The Labute approximate surface area is 130 Å². The van der Waals surface area contributed by atoms with E-state index in [9.17, 15) is 9.59 Å². The molecule has 1 saturated heterocycles. The van der Waals surface area contributed by atoms with E-state index in [0.29, 0.717) is 12.2 Å². The van der Waals surface area contributed by atoms with Gasteiger partial charge >= 0.3 is 5.97 Å². The Morgan fingerprint density at radius 2 is 2.27 bits per heavy atom. The molecule has 1 aliphatic rings. The molecule has 1 aromatic rings. The lowest BCUT2D eigenvalue weighted by Gasteiger charge is -2.23. The Morgan fingerprint density at radius 1 is 1.50 bits per heavy atom. The van der Waals surface area contributed by atoms with Crippen molar-refractivity contribution in [1.82, 2.24) is 9.78 Å².